The monoisotopic (exact) mass is 412 g/mol. The van der Waals surface area contributed by atoms with Gasteiger partial charge in [-0.25, -0.2) is 9.78 Å². The number of carbonyl (C=O) groups excluding carboxylic acids is 2. The lowest BCUT2D eigenvalue weighted by molar-refractivity contribution is -0.384. The van der Waals surface area contributed by atoms with Crippen molar-refractivity contribution in [1.82, 2.24) is 15.3 Å². The van der Waals surface area contributed by atoms with Crippen LogP contribution >= 0.6 is 11.3 Å². The molecule has 0 bridgehead atoms. The summed E-state index contributed by atoms with van der Waals surface area (Å²) in [6, 6.07) is 7.12. The van der Waals surface area contributed by atoms with Crippen molar-refractivity contribution in [1.29, 1.82) is 0 Å². The summed E-state index contributed by atoms with van der Waals surface area (Å²) in [5.41, 5.74) is 1.25. The van der Waals surface area contributed by atoms with Crippen molar-refractivity contribution in [2.24, 2.45) is 0 Å². The van der Waals surface area contributed by atoms with Crippen molar-refractivity contribution in [2.45, 2.75) is 13.5 Å². The van der Waals surface area contributed by atoms with Gasteiger partial charge in [-0.15, -0.1) is 11.3 Å². The van der Waals surface area contributed by atoms with Crippen molar-refractivity contribution in [3.63, 3.8) is 0 Å². The first-order chi connectivity index (χ1) is 14.0. The van der Waals surface area contributed by atoms with Gasteiger partial charge in [0.1, 0.15) is 5.01 Å². The number of benzene rings is 1. The molecule has 148 valence electrons. The number of non-ortho nitro benzene ring substituents is 1. The van der Waals surface area contributed by atoms with Crippen LogP contribution < -0.4 is 5.32 Å². The number of pyridine rings is 1. The summed E-state index contributed by atoms with van der Waals surface area (Å²) in [7, 11) is 0. The molecule has 0 spiro atoms. The molecule has 0 aliphatic heterocycles. The Kier molecular flexibility index (Phi) is 6.25. The summed E-state index contributed by atoms with van der Waals surface area (Å²) in [6.45, 7) is 1.88. The van der Waals surface area contributed by atoms with E-state index in [0.717, 1.165) is 23.4 Å². The van der Waals surface area contributed by atoms with E-state index in [1.54, 1.807) is 19.3 Å². The zero-order chi connectivity index (χ0) is 20.8. The van der Waals surface area contributed by atoms with Gasteiger partial charge in [0, 0.05) is 41.0 Å². The normalized spacial score (nSPS) is 10.4. The molecule has 9 nitrogen and oxygen atoms in total. The highest BCUT2D eigenvalue weighted by molar-refractivity contribution is 7.09. The summed E-state index contributed by atoms with van der Waals surface area (Å²) in [4.78, 5) is 43.3. The van der Waals surface area contributed by atoms with Gasteiger partial charge in [0.05, 0.1) is 29.3 Å². The molecule has 10 heteroatoms. The summed E-state index contributed by atoms with van der Waals surface area (Å²) < 4.78 is 4.87. The lowest BCUT2D eigenvalue weighted by atomic mass is 10.1. The maximum absolute atomic E-state index is 12.5. The topological polar surface area (TPSA) is 124 Å². The molecule has 0 radical (unpaired) electrons. The van der Waals surface area contributed by atoms with E-state index in [-0.39, 0.29) is 30.0 Å². The Morgan fingerprint density at radius 2 is 1.93 bits per heavy atom. The highest BCUT2D eigenvalue weighted by Crippen LogP contribution is 2.22. The van der Waals surface area contributed by atoms with Crippen molar-refractivity contribution in [3.05, 3.63) is 74.4 Å². The minimum absolute atomic E-state index is 0.00633. The van der Waals surface area contributed by atoms with Crippen LogP contribution in [0.4, 0.5) is 5.69 Å². The predicted molar refractivity (Wildman–Crippen MR) is 106 cm³/mol. The third-order valence-electron chi connectivity index (χ3n) is 3.83. The van der Waals surface area contributed by atoms with E-state index in [0.29, 0.717) is 5.01 Å². The molecule has 29 heavy (non-hydrogen) atoms. The fraction of sp³-hybridized carbons (Fsp3) is 0.158. The van der Waals surface area contributed by atoms with Crippen LogP contribution in [0.3, 0.4) is 0 Å². The Balaban J connectivity index is 1.74. The molecule has 2 heterocycles. The molecule has 0 fully saturated rings. The van der Waals surface area contributed by atoms with Gasteiger partial charge in [0.2, 0.25) is 0 Å². The first-order valence-electron chi connectivity index (χ1n) is 8.57. The van der Waals surface area contributed by atoms with Gasteiger partial charge in [0.15, 0.2) is 0 Å². The Labute approximate surface area is 169 Å². The van der Waals surface area contributed by atoms with Crippen molar-refractivity contribution in [2.75, 3.05) is 6.61 Å². The number of ether oxygens (including phenoxy) is 1. The van der Waals surface area contributed by atoms with Crippen LogP contribution in [-0.4, -0.2) is 33.4 Å². The number of nitro groups is 1. The van der Waals surface area contributed by atoms with Gasteiger partial charge < -0.3 is 10.1 Å². The number of aromatic nitrogens is 2. The van der Waals surface area contributed by atoms with Crippen LogP contribution in [0, 0.1) is 10.1 Å². The molecule has 3 rings (SSSR count). The SMILES string of the molecule is CCOC(=O)c1cc(C(=O)NCc2nc(-c3ccncc3)cs2)cc([N+](=O)[O-])c1. The number of rotatable bonds is 7. The molecule has 0 saturated heterocycles. The number of nitrogens with one attached hydrogen (secondary N) is 1. The zero-order valence-corrected chi connectivity index (χ0v) is 16.1. The quantitative estimate of drug-likeness (QED) is 0.359. The van der Waals surface area contributed by atoms with Gasteiger partial charge in [0.25, 0.3) is 11.6 Å². The summed E-state index contributed by atoms with van der Waals surface area (Å²) in [5.74, 6) is -1.29. The fourth-order valence-electron chi connectivity index (χ4n) is 2.49. The minimum Gasteiger partial charge on any atom is -0.462 e. The summed E-state index contributed by atoms with van der Waals surface area (Å²) in [6.07, 6.45) is 3.33. The van der Waals surface area contributed by atoms with Gasteiger partial charge in [-0.05, 0) is 25.1 Å². The Morgan fingerprint density at radius 1 is 1.21 bits per heavy atom. The first-order valence-corrected chi connectivity index (χ1v) is 9.45. The van der Waals surface area contributed by atoms with Crippen LogP contribution in [0.5, 0.6) is 0 Å². The van der Waals surface area contributed by atoms with Gasteiger partial charge in [-0.3, -0.25) is 19.9 Å². The Bertz CT molecular complexity index is 1050. The first kappa shape index (κ1) is 20.1. The lowest BCUT2D eigenvalue weighted by Gasteiger charge is -2.06. The second-order valence-electron chi connectivity index (χ2n) is 5.79. The second-order valence-corrected chi connectivity index (χ2v) is 6.73. The van der Waals surface area contributed by atoms with E-state index in [1.165, 1.54) is 17.4 Å². The number of nitro benzene ring substituents is 1. The number of thiazole rings is 1. The molecule has 0 atom stereocenters. The molecule has 3 aromatic rings. The number of esters is 1. The molecular formula is C19H16N4O5S. The number of amides is 1. The van der Waals surface area contributed by atoms with E-state index >= 15 is 0 Å². The third kappa shape index (κ3) is 4.99. The second kappa shape index (κ2) is 9.02. The average Bonchev–Trinajstić information content (AvgIpc) is 3.21. The van der Waals surface area contributed by atoms with Crippen molar-refractivity contribution in [3.8, 4) is 11.3 Å². The van der Waals surface area contributed by atoms with Crippen molar-refractivity contribution < 1.29 is 19.2 Å². The Morgan fingerprint density at radius 3 is 2.62 bits per heavy atom. The highest BCUT2D eigenvalue weighted by atomic mass is 32.1. The smallest absolute Gasteiger partial charge is 0.338 e. The van der Waals surface area contributed by atoms with E-state index in [9.17, 15) is 19.7 Å². The number of nitrogens with zero attached hydrogens (tertiary/aromatic N) is 3. The fourth-order valence-corrected chi connectivity index (χ4v) is 3.23. The van der Waals surface area contributed by atoms with Gasteiger partial charge in [-0.2, -0.15) is 0 Å². The molecule has 2 aromatic heterocycles. The molecule has 1 amide bonds. The van der Waals surface area contributed by atoms with Gasteiger partial charge >= 0.3 is 5.97 Å². The number of hydrogen-bond acceptors (Lipinski definition) is 8. The van der Waals surface area contributed by atoms with Crippen LogP contribution in [-0.2, 0) is 11.3 Å². The molecule has 0 unspecified atom stereocenters. The van der Waals surface area contributed by atoms with Crippen LogP contribution in [0.15, 0.2) is 48.1 Å². The number of carbonyl (C=O) groups is 2. The number of hydrogen-bond donors (Lipinski definition) is 1. The lowest BCUT2D eigenvalue weighted by Crippen LogP contribution is -2.23. The van der Waals surface area contributed by atoms with E-state index in [2.05, 4.69) is 15.3 Å². The predicted octanol–water partition coefficient (Wildman–Crippen LogP) is 3.22. The molecular weight excluding hydrogens is 396 g/mol. The summed E-state index contributed by atoms with van der Waals surface area (Å²) in [5, 5.41) is 16.3. The van der Waals surface area contributed by atoms with Gasteiger partial charge in [-0.1, -0.05) is 0 Å². The maximum Gasteiger partial charge on any atom is 0.338 e. The minimum atomic E-state index is -0.729. The van der Waals surface area contributed by atoms with E-state index in [1.807, 2.05) is 17.5 Å². The third-order valence-corrected chi connectivity index (χ3v) is 4.68. The molecule has 0 aliphatic rings. The van der Waals surface area contributed by atoms with E-state index in [4.69, 9.17) is 4.74 Å². The van der Waals surface area contributed by atoms with Crippen LogP contribution in [0.2, 0.25) is 0 Å². The van der Waals surface area contributed by atoms with Crippen LogP contribution in [0.1, 0.15) is 32.6 Å². The largest absolute Gasteiger partial charge is 0.462 e. The summed E-state index contributed by atoms with van der Waals surface area (Å²) >= 11 is 1.38. The molecule has 1 aromatic carbocycles. The molecule has 1 N–H and O–H groups in total. The Hall–Kier alpha value is -3.66. The standard InChI is InChI=1S/C19H16N4O5S/c1-2-28-19(25)14-7-13(8-15(9-14)23(26)27)18(24)21-10-17-22-16(11-29-17)12-3-5-20-6-4-12/h3-9,11H,2,10H2,1H3,(H,21,24). The molecule has 0 saturated carbocycles. The maximum atomic E-state index is 12.5. The van der Waals surface area contributed by atoms with E-state index < -0.39 is 16.8 Å². The van der Waals surface area contributed by atoms with Crippen LogP contribution in [0.25, 0.3) is 11.3 Å². The zero-order valence-electron chi connectivity index (χ0n) is 15.3. The average molecular weight is 412 g/mol. The molecule has 0 aliphatic carbocycles. The van der Waals surface area contributed by atoms with Crippen molar-refractivity contribution >= 4 is 28.9 Å². The highest BCUT2D eigenvalue weighted by Gasteiger charge is 2.19.